The van der Waals surface area contributed by atoms with Gasteiger partial charge in [0.15, 0.2) is 0 Å². The molecule has 0 radical (unpaired) electrons. The maximum atomic E-state index is 12.1. The zero-order chi connectivity index (χ0) is 17.2. The molecule has 0 saturated heterocycles. The van der Waals surface area contributed by atoms with Crippen molar-refractivity contribution in [3.05, 3.63) is 18.0 Å². The molecule has 9 nitrogen and oxygen atoms in total. The SMILES string of the molecule is CCC(CON)N(C)C(=O)CNC(=O)c1ccn(CCOC)n1. The summed E-state index contributed by atoms with van der Waals surface area (Å²) in [5, 5.41) is 6.68. The number of nitrogens with zero attached hydrogens (tertiary/aromatic N) is 3. The standard InChI is InChI=1S/C14H25N5O4/c1-4-11(10-23-15)18(2)13(20)9-16-14(21)12-5-6-19(17-12)7-8-22-3/h5-6,11H,4,7-10,15H2,1-3H3,(H,16,21). The molecule has 3 N–H and O–H groups in total. The van der Waals surface area contributed by atoms with E-state index in [2.05, 4.69) is 15.3 Å². The lowest BCUT2D eigenvalue weighted by Crippen LogP contribution is -2.45. The van der Waals surface area contributed by atoms with Crippen LogP contribution in [0.1, 0.15) is 23.8 Å². The molecule has 0 aliphatic heterocycles. The Balaban J connectivity index is 2.48. The normalized spacial score (nSPS) is 12.0. The Morgan fingerprint density at radius 3 is 2.87 bits per heavy atom. The van der Waals surface area contributed by atoms with E-state index in [1.54, 1.807) is 31.1 Å². The second kappa shape index (κ2) is 9.93. The number of nitrogens with one attached hydrogen (secondary N) is 1. The summed E-state index contributed by atoms with van der Waals surface area (Å²) < 4.78 is 6.55. The molecule has 9 heteroatoms. The molecular weight excluding hydrogens is 302 g/mol. The van der Waals surface area contributed by atoms with E-state index in [0.29, 0.717) is 19.6 Å². The summed E-state index contributed by atoms with van der Waals surface area (Å²) in [6.07, 6.45) is 2.39. The van der Waals surface area contributed by atoms with E-state index in [9.17, 15) is 9.59 Å². The predicted molar refractivity (Wildman–Crippen MR) is 83.4 cm³/mol. The minimum atomic E-state index is -0.397. The lowest BCUT2D eigenvalue weighted by Gasteiger charge is -2.26. The van der Waals surface area contributed by atoms with Gasteiger partial charge in [0.2, 0.25) is 5.91 Å². The lowest BCUT2D eigenvalue weighted by molar-refractivity contribution is -0.132. The summed E-state index contributed by atoms with van der Waals surface area (Å²) in [4.78, 5) is 30.2. The molecule has 0 aliphatic rings. The molecule has 1 heterocycles. The van der Waals surface area contributed by atoms with Crippen molar-refractivity contribution in [2.24, 2.45) is 5.90 Å². The number of hydrogen-bond acceptors (Lipinski definition) is 6. The molecule has 1 rings (SSSR count). The van der Waals surface area contributed by atoms with Gasteiger partial charge in [0.25, 0.3) is 5.91 Å². The summed E-state index contributed by atoms with van der Waals surface area (Å²) in [6, 6.07) is 1.47. The second-order valence-corrected chi connectivity index (χ2v) is 5.04. The first-order chi connectivity index (χ1) is 11.0. The van der Waals surface area contributed by atoms with Gasteiger partial charge in [0, 0.05) is 20.4 Å². The van der Waals surface area contributed by atoms with Crippen LogP contribution in [0.3, 0.4) is 0 Å². The fourth-order valence-corrected chi connectivity index (χ4v) is 1.98. The molecule has 0 spiro atoms. The van der Waals surface area contributed by atoms with Crippen molar-refractivity contribution < 1.29 is 19.2 Å². The molecule has 1 unspecified atom stereocenters. The molecule has 1 aromatic rings. The first kappa shape index (κ1) is 19.1. The van der Waals surface area contributed by atoms with Crippen LogP contribution in [0, 0.1) is 0 Å². The monoisotopic (exact) mass is 327 g/mol. The van der Waals surface area contributed by atoms with Crippen molar-refractivity contribution in [2.45, 2.75) is 25.9 Å². The van der Waals surface area contributed by atoms with Crippen LogP contribution in [0.25, 0.3) is 0 Å². The maximum Gasteiger partial charge on any atom is 0.272 e. The van der Waals surface area contributed by atoms with Crippen LogP contribution in [-0.2, 0) is 20.9 Å². The van der Waals surface area contributed by atoms with Gasteiger partial charge < -0.3 is 19.8 Å². The number of ether oxygens (including phenoxy) is 1. The number of amides is 2. The number of rotatable bonds is 10. The molecule has 1 atom stereocenters. The average molecular weight is 327 g/mol. The number of carbonyl (C=O) groups excluding carboxylic acids is 2. The van der Waals surface area contributed by atoms with Gasteiger partial charge in [-0.3, -0.25) is 14.3 Å². The van der Waals surface area contributed by atoms with E-state index in [1.807, 2.05) is 6.92 Å². The quantitative estimate of drug-likeness (QED) is 0.554. The van der Waals surface area contributed by atoms with Gasteiger partial charge in [-0.15, -0.1) is 0 Å². The molecule has 0 bridgehead atoms. The van der Waals surface area contributed by atoms with E-state index < -0.39 is 5.91 Å². The highest BCUT2D eigenvalue weighted by Gasteiger charge is 2.19. The van der Waals surface area contributed by atoms with Crippen molar-refractivity contribution in [3.63, 3.8) is 0 Å². The minimum Gasteiger partial charge on any atom is -0.383 e. The minimum absolute atomic E-state index is 0.110. The third-order valence-electron chi connectivity index (χ3n) is 3.50. The second-order valence-electron chi connectivity index (χ2n) is 5.04. The summed E-state index contributed by atoms with van der Waals surface area (Å²) >= 11 is 0. The maximum absolute atomic E-state index is 12.1. The van der Waals surface area contributed by atoms with Crippen LogP contribution in [0.5, 0.6) is 0 Å². The van der Waals surface area contributed by atoms with Crippen molar-refractivity contribution in [3.8, 4) is 0 Å². The van der Waals surface area contributed by atoms with Gasteiger partial charge >= 0.3 is 0 Å². The Bertz CT molecular complexity index is 505. The van der Waals surface area contributed by atoms with Crippen molar-refractivity contribution >= 4 is 11.8 Å². The smallest absolute Gasteiger partial charge is 0.272 e. The summed E-state index contributed by atoms with van der Waals surface area (Å²) in [7, 11) is 3.25. The number of hydrogen-bond donors (Lipinski definition) is 2. The fourth-order valence-electron chi connectivity index (χ4n) is 1.98. The van der Waals surface area contributed by atoms with E-state index in [1.165, 1.54) is 4.90 Å². The Morgan fingerprint density at radius 1 is 1.52 bits per heavy atom. The van der Waals surface area contributed by atoms with Gasteiger partial charge in [0.1, 0.15) is 5.69 Å². The largest absolute Gasteiger partial charge is 0.383 e. The summed E-state index contributed by atoms with van der Waals surface area (Å²) in [5.41, 5.74) is 0.258. The number of likely N-dealkylation sites (N-methyl/N-ethyl adjacent to an activating group) is 1. The Kier molecular flexibility index (Phi) is 8.23. The topological polar surface area (TPSA) is 112 Å². The van der Waals surface area contributed by atoms with Crippen LogP contribution in [0.15, 0.2) is 12.3 Å². The Labute approximate surface area is 135 Å². The number of carbonyl (C=O) groups is 2. The van der Waals surface area contributed by atoms with Crippen molar-refractivity contribution in [1.82, 2.24) is 20.0 Å². The third-order valence-corrected chi connectivity index (χ3v) is 3.50. The summed E-state index contributed by atoms with van der Waals surface area (Å²) in [5.74, 6) is 4.43. The fraction of sp³-hybridized carbons (Fsp3) is 0.643. The van der Waals surface area contributed by atoms with Crippen LogP contribution in [-0.4, -0.2) is 66.5 Å². The van der Waals surface area contributed by atoms with Crippen LogP contribution in [0.4, 0.5) is 0 Å². The first-order valence-electron chi connectivity index (χ1n) is 7.41. The number of methoxy groups -OCH3 is 1. The highest BCUT2D eigenvalue weighted by atomic mass is 16.6. The van der Waals surface area contributed by atoms with Gasteiger partial charge in [-0.05, 0) is 12.5 Å². The number of aromatic nitrogens is 2. The lowest BCUT2D eigenvalue weighted by atomic mass is 10.2. The third kappa shape index (κ3) is 5.97. The molecule has 23 heavy (non-hydrogen) atoms. The van der Waals surface area contributed by atoms with Crippen LogP contribution >= 0.6 is 0 Å². The molecule has 1 aromatic heterocycles. The molecule has 0 fully saturated rings. The Morgan fingerprint density at radius 2 is 2.26 bits per heavy atom. The molecule has 0 aliphatic carbocycles. The molecule has 0 saturated carbocycles. The van der Waals surface area contributed by atoms with Gasteiger partial charge in [0.05, 0.1) is 32.3 Å². The van der Waals surface area contributed by atoms with Crippen LogP contribution < -0.4 is 11.2 Å². The molecule has 130 valence electrons. The number of nitrogens with two attached hydrogens (primary N) is 1. The van der Waals surface area contributed by atoms with Crippen molar-refractivity contribution in [1.29, 1.82) is 0 Å². The van der Waals surface area contributed by atoms with E-state index >= 15 is 0 Å². The van der Waals surface area contributed by atoms with E-state index in [-0.39, 0.29) is 30.8 Å². The Hall–Kier alpha value is -1.97. The van der Waals surface area contributed by atoms with Crippen molar-refractivity contribution in [2.75, 3.05) is 33.9 Å². The molecule has 0 aromatic carbocycles. The molecule has 2 amide bonds. The van der Waals surface area contributed by atoms with E-state index in [0.717, 1.165) is 0 Å². The highest BCUT2D eigenvalue weighted by molar-refractivity contribution is 5.94. The first-order valence-corrected chi connectivity index (χ1v) is 7.41. The zero-order valence-electron chi connectivity index (χ0n) is 13.8. The van der Waals surface area contributed by atoms with Gasteiger partial charge in [-0.2, -0.15) is 5.10 Å². The van der Waals surface area contributed by atoms with Gasteiger partial charge in [-0.25, -0.2) is 5.90 Å². The highest BCUT2D eigenvalue weighted by Crippen LogP contribution is 2.02. The summed E-state index contributed by atoms with van der Waals surface area (Å²) in [6.45, 7) is 3.13. The average Bonchev–Trinajstić information content (AvgIpc) is 3.03. The van der Waals surface area contributed by atoms with Gasteiger partial charge in [-0.1, -0.05) is 6.92 Å². The zero-order valence-corrected chi connectivity index (χ0v) is 13.8. The molecular formula is C14H25N5O4. The van der Waals surface area contributed by atoms with E-state index in [4.69, 9.17) is 10.6 Å². The van der Waals surface area contributed by atoms with Crippen LogP contribution in [0.2, 0.25) is 0 Å². The predicted octanol–water partition coefficient (Wildman–Crippen LogP) is -0.613.